The van der Waals surface area contributed by atoms with Crippen molar-refractivity contribution in [2.75, 3.05) is 0 Å². The van der Waals surface area contributed by atoms with Crippen LogP contribution in [0.25, 0.3) is 0 Å². The summed E-state index contributed by atoms with van der Waals surface area (Å²) in [6, 6.07) is 9.95. The highest BCUT2D eigenvalue weighted by molar-refractivity contribution is 7.91. The molecule has 1 aliphatic rings. The Morgan fingerprint density at radius 3 is 2.29 bits per heavy atom. The summed E-state index contributed by atoms with van der Waals surface area (Å²) in [5.74, 6) is -0.671. The smallest absolute Gasteiger partial charge is 0.266 e. The van der Waals surface area contributed by atoms with Gasteiger partial charge in [-0.25, -0.2) is 13.1 Å². The van der Waals surface area contributed by atoms with Crippen LogP contribution >= 0.6 is 0 Å². The lowest BCUT2D eigenvalue weighted by Gasteiger charge is -2.48. The van der Waals surface area contributed by atoms with Gasteiger partial charge in [0.2, 0.25) is 15.7 Å². The summed E-state index contributed by atoms with van der Waals surface area (Å²) in [4.78, 5) is 11.3. The second kappa shape index (κ2) is 7.74. The van der Waals surface area contributed by atoms with Gasteiger partial charge in [0, 0.05) is 30.8 Å². The summed E-state index contributed by atoms with van der Waals surface area (Å²) in [5.41, 5.74) is -2.87. The van der Waals surface area contributed by atoms with E-state index in [4.69, 9.17) is 9.47 Å². The number of hydrogen-bond acceptors (Lipinski definition) is 9. The second-order valence-corrected chi connectivity index (χ2v) is 10.7. The largest absolute Gasteiger partial charge is 0.504 e. The van der Waals surface area contributed by atoms with E-state index in [2.05, 4.69) is 5.10 Å². The van der Waals surface area contributed by atoms with Crippen LogP contribution in [0.1, 0.15) is 32.4 Å². The number of hydrogen-bond donors (Lipinski definition) is 3. The zero-order valence-electron chi connectivity index (χ0n) is 18.9. The molecule has 10 nitrogen and oxygen atoms in total. The molecule has 34 heavy (non-hydrogen) atoms. The second-order valence-electron chi connectivity index (χ2n) is 8.74. The fourth-order valence-corrected chi connectivity index (χ4v) is 4.95. The molecule has 2 atom stereocenters. The summed E-state index contributed by atoms with van der Waals surface area (Å²) in [6.45, 7) is 4.84. The van der Waals surface area contributed by atoms with E-state index in [1.54, 1.807) is 13.8 Å². The number of phenolic OH excluding ortho intramolecular Hbond substituents is 2. The van der Waals surface area contributed by atoms with Gasteiger partial charge in [-0.15, -0.1) is 5.10 Å². The van der Waals surface area contributed by atoms with Crippen LogP contribution in [0.15, 0.2) is 63.1 Å². The number of ether oxygens (including phenoxy) is 2. The SMILES string of the molecule is Cn1nc(O[C@@H]2c3cc(S(=O)(=O)c4ccc(O)c(O)c4)ccc3OC(C)(C)[C@@]2(C)O)ccc1=O. The summed E-state index contributed by atoms with van der Waals surface area (Å²) < 4.78 is 39.5. The van der Waals surface area contributed by atoms with Crippen LogP contribution in [-0.4, -0.2) is 44.7 Å². The van der Waals surface area contributed by atoms with Gasteiger partial charge in [0.25, 0.3) is 5.56 Å². The molecule has 0 radical (unpaired) electrons. The predicted molar refractivity (Wildman–Crippen MR) is 120 cm³/mol. The molecule has 1 aliphatic heterocycles. The third-order valence-electron chi connectivity index (χ3n) is 6.10. The average molecular weight is 489 g/mol. The first-order valence-corrected chi connectivity index (χ1v) is 11.8. The molecule has 1 aromatic heterocycles. The standard InChI is InChI=1S/C23H24N2O8S/c1-22(2)23(3,29)21(32-19-9-10-20(28)25(4)24-19)15-11-13(6-8-18(15)33-22)34(30,31)14-5-7-16(26)17(27)12-14/h5-12,21,26-27,29H,1-4H3/t21-,23+/m1/s1. The molecule has 3 N–H and O–H groups in total. The van der Waals surface area contributed by atoms with Crippen molar-refractivity contribution in [2.24, 2.45) is 7.05 Å². The van der Waals surface area contributed by atoms with Gasteiger partial charge in [0.15, 0.2) is 17.6 Å². The van der Waals surface area contributed by atoms with Crippen LogP contribution in [-0.2, 0) is 16.9 Å². The number of fused-ring (bicyclic) bond motifs is 1. The summed E-state index contributed by atoms with van der Waals surface area (Å²) in [7, 11) is -2.66. The van der Waals surface area contributed by atoms with E-state index < -0.39 is 38.6 Å². The van der Waals surface area contributed by atoms with Crippen molar-refractivity contribution >= 4 is 9.84 Å². The number of benzene rings is 2. The van der Waals surface area contributed by atoms with Gasteiger partial charge in [-0.2, -0.15) is 0 Å². The third-order valence-corrected chi connectivity index (χ3v) is 7.85. The van der Waals surface area contributed by atoms with Crippen LogP contribution in [0, 0.1) is 0 Å². The molecule has 2 aromatic carbocycles. The van der Waals surface area contributed by atoms with Crippen molar-refractivity contribution in [3.63, 3.8) is 0 Å². The predicted octanol–water partition coefficient (Wildman–Crippen LogP) is 2.07. The van der Waals surface area contributed by atoms with Gasteiger partial charge in [-0.05, 0) is 51.1 Å². The monoisotopic (exact) mass is 488 g/mol. The van der Waals surface area contributed by atoms with Crippen LogP contribution in [0.3, 0.4) is 0 Å². The number of aryl methyl sites for hydroxylation is 1. The van der Waals surface area contributed by atoms with Gasteiger partial charge in [-0.1, -0.05) is 0 Å². The molecule has 0 bridgehead atoms. The molecule has 0 aliphatic carbocycles. The van der Waals surface area contributed by atoms with Gasteiger partial charge in [-0.3, -0.25) is 4.79 Å². The summed E-state index contributed by atoms with van der Waals surface area (Å²) in [5, 5.41) is 34.7. The van der Waals surface area contributed by atoms with Crippen molar-refractivity contribution < 1.29 is 33.2 Å². The average Bonchev–Trinajstić information content (AvgIpc) is 2.75. The number of aromatic hydroxyl groups is 2. The lowest BCUT2D eigenvalue weighted by atomic mass is 9.77. The van der Waals surface area contributed by atoms with Gasteiger partial charge < -0.3 is 24.8 Å². The maximum atomic E-state index is 13.2. The maximum absolute atomic E-state index is 13.2. The first-order chi connectivity index (χ1) is 15.7. The van der Waals surface area contributed by atoms with Crippen molar-refractivity contribution in [3.05, 3.63) is 64.4 Å². The van der Waals surface area contributed by atoms with Gasteiger partial charge in [0.05, 0.1) is 9.79 Å². The summed E-state index contributed by atoms with van der Waals surface area (Å²) >= 11 is 0. The minimum Gasteiger partial charge on any atom is -0.504 e. The van der Waals surface area contributed by atoms with Crippen molar-refractivity contribution in [1.29, 1.82) is 0 Å². The first kappa shape index (κ1) is 23.6. The molecular formula is C23H24N2O8S. The van der Waals surface area contributed by atoms with E-state index in [-0.39, 0.29) is 26.8 Å². The minimum atomic E-state index is -4.11. The number of nitrogens with zero attached hydrogens (tertiary/aromatic N) is 2. The van der Waals surface area contributed by atoms with Crippen molar-refractivity contribution in [2.45, 2.75) is 47.9 Å². The molecule has 0 saturated carbocycles. The Morgan fingerprint density at radius 1 is 1.00 bits per heavy atom. The number of rotatable bonds is 4. The number of aromatic nitrogens is 2. The fourth-order valence-electron chi connectivity index (χ4n) is 3.64. The maximum Gasteiger partial charge on any atom is 0.266 e. The molecule has 2 heterocycles. The molecule has 0 fully saturated rings. The highest BCUT2D eigenvalue weighted by atomic mass is 32.2. The molecular weight excluding hydrogens is 464 g/mol. The van der Waals surface area contributed by atoms with Crippen molar-refractivity contribution in [1.82, 2.24) is 9.78 Å². The lowest BCUT2D eigenvalue weighted by molar-refractivity contribution is -0.175. The summed E-state index contributed by atoms with van der Waals surface area (Å²) in [6.07, 6.45) is -1.11. The molecule has 0 unspecified atom stereocenters. The highest BCUT2D eigenvalue weighted by Crippen LogP contribution is 2.48. The van der Waals surface area contributed by atoms with Gasteiger partial charge in [0.1, 0.15) is 17.0 Å². The zero-order chi connectivity index (χ0) is 25.1. The van der Waals surface area contributed by atoms with Crippen LogP contribution < -0.4 is 15.0 Å². The Hall–Kier alpha value is -3.57. The quantitative estimate of drug-likeness (QED) is 0.469. The van der Waals surface area contributed by atoms with Gasteiger partial charge >= 0.3 is 0 Å². The molecule has 0 saturated heterocycles. The van der Waals surface area contributed by atoms with E-state index >= 15 is 0 Å². The Kier molecular flexibility index (Phi) is 5.37. The molecule has 11 heteroatoms. The highest BCUT2D eigenvalue weighted by Gasteiger charge is 2.54. The topological polar surface area (TPSA) is 148 Å². The van der Waals surface area contributed by atoms with E-state index in [1.165, 1.54) is 50.4 Å². The van der Waals surface area contributed by atoms with Crippen molar-refractivity contribution in [3.8, 4) is 23.1 Å². The Balaban J connectivity index is 1.85. The Bertz CT molecular complexity index is 1440. The Morgan fingerprint density at radius 2 is 1.65 bits per heavy atom. The van der Waals surface area contributed by atoms with Crippen LogP contribution in [0.5, 0.6) is 23.1 Å². The third kappa shape index (κ3) is 3.76. The Labute approximate surface area is 195 Å². The number of phenols is 2. The van der Waals surface area contributed by atoms with Crippen LogP contribution in [0.4, 0.5) is 0 Å². The molecule has 0 amide bonds. The molecule has 4 rings (SSSR count). The normalized spacial score (nSPS) is 21.4. The zero-order valence-corrected chi connectivity index (χ0v) is 19.7. The molecule has 0 spiro atoms. The number of sulfone groups is 1. The first-order valence-electron chi connectivity index (χ1n) is 10.3. The van der Waals surface area contributed by atoms with E-state index in [0.29, 0.717) is 5.75 Å². The fraction of sp³-hybridized carbons (Fsp3) is 0.304. The lowest BCUT2D eigenvalue weighted by Crippen LogP contribution is -2.59. The molecule has 180 valence electrons. The van der Waals surface area contributed by atoms with E-state index in [1.807, 2.05) is 0 Å². The van der Waals surface area contributed by atoms with E-state index in [0.717, 1.165) is 16.8 Å². The van der Waals surface area contributed by atoms with Crippen LogP contribution in [0.2, 0.25) is 0 Å². The van der Waals surface area contributed by atoms with E-state index in [9.17, 15) is 28.5 Å². The number of aliphatic hydroxyl groups is 1. The minimum absolute atomic E-state index is 0.0488. The molecule has 3 aromatic rings.